The van der Waals surface area contributed by atoms with E-state index in [2.05, 4.69) is 18.8 Å². The molecule has 0 bridgehead atoms. The zero-order valence-electron chi connectivity index (χ0n) is 12.7. The molecule has 0 fully saturated rings. The predicted molar refractivity (Wildman–Crippen MR) is 82.7 cm³/mol. The van der Waals surface area contributed by atoms with Crippen LogP contribution < -0.4 is 0 Å². The number of carbonyl (C=O) groups excluding carboxylic acids is 1. The number of fused-ring (bicyclic) bond motifs is 1. The van der Waals surface area contributed by atoms with Crippen LogP contribution in [-0.2, 0) is 18.3 Å². The summed E-state index contributed by atoms with van der Waals surface area (Å²) in [5.41, 5.74) is 2.07. The summed E-state index contributed by atoms with van der Waals surface area (Å²) in [6.45, 7) is 4.27. The van der Waals surface area contributed by atoms with Crippen LogP contribution in [0.1, 0.15) is 45.4 Å². The highest BCUT2D eigenvalue weighted by atomic mass is 16.1. The monoisotopic (exact) mass is 272 g/mol. The highest BCUT2D eigenvalue weighted by Crippen LogP contribution is 2.19. The molecule has 0 spiro atoms. The van der Waals surface area contributed by atoms with Crippen molar-refractivity contribution in [2.24, 2.45) is 13.0 Å². The molecule has 0 saturated carbocycles. The normalized spacial score (nSPS) is 12.8. The lowest BCUT2D eigenvalue weighted by Gasteiger charge is -2.12. The van der Waals surface area contributed by atoms with E-state index in [0.29, 0.717) is 12.2 Å². The smallest absolute Gasteiger partial charge is 0.143 e. The first-order valence-corrected chi connectivity index (χ1v) is 7.60. The first-order valence-electron chi connectivity index (χ1n) is 7.60. The van der Waals surface area contributed by atoms with Crippen LogP contribution in [-0.4, -0.2) is 15.3 Å². The molecule has 0 saturated heterocycles. The van der Waals surface area contributed by atoms with Crippen molar-refractivity contribution in [2.45, 2.75) is 46.0 Å². The third-order valence-electron chi connectivity index (χ3n) is 4.07. The Labute approximate surface area is 121 Å². The molecule has 1 aromatic carbocycles. The third-order valence-corrected chi connectivity index (χ3v) is 4.07. The van der Waals surface area contributed by atoms with Gasteiger partial charge in [-0.25, -0.2) is 4.98 Å². The molecule has 3 heteroatoms. The minimum Gasteiger partial charge on any atom is -0.331 e. The number of aromatic nitrogens is 2. The van der Waals surface area contributed by atoms with Crippen LogP contribution in [0.4, 0.5) is 0 Å². The lowest BCUT2D eigenvalue weighted by Crippen LogP contribution is -2.18. The molecular formula is C17H24N2O. The molecule has 0 aliphatic carbocycles. The van der Waals surface area contributed by atoms with E-state index < -0.39 is 0 Å². The molecule has 1 atom stereocenters. The molecule has 1 aromatic heterocycles. The van der Waals surface area contributed by atoms with Crippen molar-refractivity contribution in [3.05, 3.63) is 30.1 Å². The van der Waals surface area contributed by atoms with Crippen molar-refractivity contribution in [1.29, 1.82) is 0 Å². The van der Waals surface area contributed by atoms with Crippen LogP contribution in [0.2, 0.25) is 0 Å². The van der Waals surface area contributed by atoms with E-state index in [4.69, 9.17) is 0 Å². The van der Waals surface area contributed by atoms with Gasteiger partial charge in [-0.2, -0.15) is 0 Å². The van der Waals surface area contributed by atoms with Crippen molar-refractivity contribution >= 4 is 16.8 Å². The zero-order chi connectivity index (χ0) is 14.5. The van der Waals surface area contributed by atoms with Gasteiger partial charge in [-0.15, -0.1) is 0 Å². The Balaban J connectivity index is 2.14. The average molecular weight is 272 g/mol. The van der Waals surface area contributed by atoms with E-state index in [1.54, 1.807) is 0 Å². The third kappa shape index (κ3) is 3.09. The van der Waals surface area contributed by atoms with Gasteiger partial charge >= 0.3 is 0 Å². The first-order chi connectivity index (χ1) is 9.67. The maximum Gasteiger partial charge on any atom is 0.143 e. The van der Waals surface area contributed by atoms with Gasteiger partial charge in [0.1, 0.15) is 11.6 Å². The molecule has 108 valence electrons. The molecule has 20 heavy (non-hydrogen) atoms. The van der Waals surface area contributed by atoms with Gasteiger partial charge in [0.2, 0.25) is 0 Å². The summed E-state index contributed by atoms with van der Waals surface area (Å²) in [4.78, 5) is 17.0. The number of carbonyl (C=O) groups is 1. The Morgan fingerprint density at radius 3 is 2.70 bits per heavy atom. The van der Waals surface area contributed by atoms with Crippen LogP contribution in [0.15, 0.2) is 24.3 Å². The van der Waals surface area contributed by atoms with Gasteiger partial charge in [0.25, 0.3) is 0 Å². The van der Waals surface area contributed by atoms with E-state index in [0.717, 1.165) is 42.5 Å². The minimum absolute atomic E-state index is 0.190. The fourth-order valence-electron chi connectivity index (χ4n) is 2.70. The number of unbranched alkanes of at least 4 members (excludes halogenated alkanes) is 1. The lowest BCUT2D eigenvalue weighted by molar-refractivity contribution is -0.122. The van der Waals surface area contributed by atoms with Gasteiger partial charge in [-0.05, 0) is 25.0 Å². The number of ketones is 1. The van der Waals surface area contributed by atoms with Gasteiger partial charge in [-0.3, -0.25) is 4.79 Å². The van der Waals surface area contributed by atoms with Gasteiger partial charge in [-0.1, -0.05) is 38.8 Å². The number of nitrogens with zero attached hydrogens (tertiary/aromatic N) is 2. The topological polar surface area (TPSA) is 34.9 Å². The van der Waals surface area contributed by atoms with Crippen LogP contribution in [0.5, 0.6) is 0 Å². The number of para-hydroxylation sites is 2. The maximum atomic E-state index is 12.4. The SMILES string of the molecule is CCCCC(CC)C(=O)Cc1nc2ccccc2n1C. The van der Waals surface area contributed by atoms with Crippen LogP contribution >= 0.6 is 0 Å². The molecule has 0 amide bonds. The Bertz CT molecular complexity index is 586. The highest BCUT2D eigenvalue weighted by molar-refractivity contribution is 5.84. The van der Waals surface area contributed by atoms with Crippen molar-refractivity contribution in [3.63, 3.8) is 0 Å². The second-order valence-corrected chi connectivity index (χ2v) is 5.47. The first kappa shape index (κ1) is 14.8. The second-order valence-electron chi connectivity index (χ2n) is 5.47. The molecule has 0 N–H and O–H groups in total. The molecule has 1 unspecified atom stereocenters. The Morgan fingerprint density at radius 2 is 2.05 bits per heavy atom. The van der Waals surface area contributed by atoms with Crippen molar-refractivity contribution in [1.82, 2.24) is 9.55 Å². The predicted octanol–water partition coefficient (Wildman–Crippen LogP) is 3.90. The number of Topliss-reactive ketones (excluding diaryl/α,β-unsaturated/α-hetero) is 1. The van der Waals surface area contributed by atoms with Crippen LogP contribution in [0, 0.1) is 5.92 Å². The summed E-state index contributed by atoms with van der Waals surface area (Å²) >= 11 is 0. The number of hydrogen-bond donors (Lipinski definition) is 0. The summed E-state index contributed by atoms with van der Waals surface area (Å²) in [5.74, 6) is 1.40. The van der Waals surface area contributed by atoms with Crippen LogP contribution in [0.25, 0.3) is 11.0 Å². The summed E-state index contributed by atoms with van der Waals surface area (Å²) < 4.78 is 2.04. The molecule has 3 nitrogen and oxygen atoms in total. The quantitative estimate of drug-likeness (QED) is 0.766. The summed E-state index contributed by atoms with van der Waals surface area (Å²) in [6, 6.07) is 8.03. The Kier molecular flexibility index (Phi) is 4.94. The van der Waals surface area contributed by atoms with E-state index in [-0.39, 0.29) is 5.92 Å². The molecule has 0 aliphatic rings. The lowest BCUT2D eigenvalue weighted by atomic mass is 9.93. The number of rotatable bonds is 7. The molecule has 1 heterocycles. The van der Waals surface area contributed by atoms with Gasteiger partial charge in [0.15, 0.2) is 0 Å². The maximum absolute atomic E-state index is 12.4. The van der Waals surface area contributed by atoms with Crippen LogP contribution in [0.3, 0.4) is 0 Å². The number of aryl methyl sites for hydroxylation is 1. The summed E-state index contributed by atoms with van der Waals surface area (Å²) in [7, 11) is 1.99. The second kappa shape index (κ2) is 6.69. The molecule has 2 aromatic rings. The fraction of sp³-hybridized carbons (Fsp3) is 0.529. The van der Waals surface area contributed by atoms with E-state index in [1.165, 1.54) is 0 Å². The van der Waals surface area contributed by atoms with E-state index >= 15 is 0 Å². The highest BCUT2D eigenvalue weighted by Gasteiger charge is 2.19. The van der Waals surface area contributed by atoms with Gasteiger partial charge in [0.05, 0.1) is 17.5 Å². The van der Waals surface area contributed by atoms with E-state index in [1.807, 2.05) is 35.9 Å². The number of imidazole rings is 1. The van der Waals surface area contributed by atoms with E-state index in [9.17, 15) is 4.79 Å². The van der Waals surface area contributed by atoms with Gasteiger partial charge < -0.3 is 4.57 Å². The standard InChI is InChI=1S/C17H24N2O/c1-4-6-9-13(5-2)16(20)12-17-18-14-10-7-8-11-15(14)19(17)3/h7-8,10-11,13H,4-6,9,12H2,1-3H3. The largest absolute Gasteiger partial charge is 0.331 e. The fourth-order valence-corrected chi connectivity index (χ4v) is 2.70. The molecule has 0 radical (unpaired) electrons. The summed E-state index contributed by atoms with van der Waals surface area (Å²) in [5, 5.41) is 0. The molecule has 2 rings (SSSR count). The minimum atomic E-state index is 0.190. The number of hydrogen-bond acceptors (Lipinski definition) is 2. The molecule has 0 aliphatic heterocycles. The average Bonchev–Trinajstić information content (AvgIpc) is 2.77. The van der Waals surface area contributed by atoms with Crippen molar-refractivity contribution < 1.29 is 4.79 Å². The summed E-state index contributed by atoms with van der Waals surface area (Å²) in [6.07, 6.45) is 4.68. The van der Waals surface area contributed by atoms with Gasteiger partial charge in [0, 0.05) is 13.0 Å². The molecular weight excluding hydrogens is 248 g/mol. The Hall–Kier alpha value is -1.64. The number of benzene rings is 1. The zero-order valence-corrected chi connectivity index (χ0v) is 12.7. The van der Waals surface area contributed by atoms with Crippen molar-refractivity contribution in [3.8, 4) is 0 Å². The Morgan fingerprint density at radius 1 is 1.30 bits per heavy atom. The van der Waals surface area contributed by atoms with Crippen molar-refractivity contribution in [2.75, 3.05) is 0 Å².